The summed E-state index contributed by atoms with van der Waals surface area (Å²) in [6.07, 6.45) is -1.91. The fourth-order valence-corrected chi connectivity index (χ4v) is 1.17. The van der Waals surface area contributed by atoms with Crippen molar-refractivity contribution in [2.24, 2.45) is 0 Å². The van der Waals surface area contributed by atoms with E-state index in [9.17, 15) is 18.9 Å². The lowest BCUT2D eigenvalue weighted by Crippen LogP contribution is -2.02. The van der Waals surface area contributed by atoms with Gasteiger partial charge in [-0.25, -0.2) is 13.8 Å². The number of rotatable bonds is 3. The van der Waals surface area contributed by atoms with E-state index < -0.39 is 22.6 Å². The van der Waals surface area contributed by atoms with E-state index in [1.807, 2.05) is 0 Å². The molecule has 0 atom stereocenters. The van der Waals surface area contributed by atoms with E-state index in [-0.39, 0.29) is 11.4 Å². The molecule has 0 bridgehead atoms. The number of nitrogens with zero attached hydrogens (tertiary/aromatic N) is 2. The van der Waals surface area contributed by atoms with Gasteiger partial charge in [0.2, 0.25) is 0 Å². The molecule has 15 heavy (non-hydrogen) atoms. The largest absolute Gasteiger partial charge is 0.476 e. The predicted molar refractivity (Wildman–Crippen MR) is 47.1 cm³/mol. The quantitative estimate of drug-likeness (QED) is 0.576. The lowest BCUT2D eigenvalue weighted by atomic mass is 10.1. The van der Waals surface area contributed by atoms with Crippen LogP contribution in [-0.2, 0) is 0 Å². The first kappa shape index (κ1) is 11.3. The Hall–Kier alpha value is -1.79. The number of ether oxygens (including phenoxy) is 1. The topological polar surface area (TPSA) is 65.3 Å². The Bertz CT molecular complexity index is 396. The second-order valence-electron chi connectivity index (χ2n) is 2.75. The molecule has 0 unspecified atom stereocenters. The van der Waals surface area contributed by atoms with Gasteiger partial charge in [0.25, 0.3) is 12.3 Å². The summed E-state index contributed by atoms with van der Waals surface area (Å²) in [7, 11) is 1.19. The predicted octanol–water partition coefficient (Wildman–Crippen LogP) is 2.24. The van der Waals surface area contributed by atoms with Gasteiger partial charge in [-0.05, 0) is 6.92 Å². The maximum Gasteiger partial charge on any atom is 0.334 e. The summed E-state index contributed by atoms with van der Waals surface area (Å²) in [6, 6.07) is 0. The first-order valence-corrected chi connectivity index (χ1v) is 3.95. The van der Waals surface area contributed by atoms with Crippen molar-refractivity contribution in [2.45, 2.75) is 13.3 Å². The number of pyridine rings is 1. The third-order valence-electron chi connectivity index (χ3n) is 1.92. The number of halogens is 2. The monoisotopic (exact) mass is 218 g/mol. The SMILES string of the molecule is COc1ncc(C(F)F)c(C)c1[N+](=O)[O-]. The summed E-state index contributed by atoms with van der Waals surface area (Å²) in [5, 5.41) is 10.6. The Labute approximate surface area is 83.8 Å². The van der Waals surface area contributed by atoms with E-state index in [1.165, 1.54) is 14.0 Å². The normalized spacial score (nSPS) is 10.5. The Morgan fingerprint density at radius 3 is 2.60 bits per heavy atom. The van der Waals surface area contributed by atoms with Crippen LogP contribution in [0, 0.1) is 17.0 Å². The molecule has 0 radical (unpaired) electrons. The van der Waals surface area contributed by atoms with Gasteiger partial charge in [-0.15, -0.1) is 0 Å². The molecule has 1 rings (SSSR count). The molecule has 5 nitrogen and oxygen atoms in total. The highest BCUT2D eigenvalue weighted by atomic mass is 19.3. The van der Waals surface area contributed by atoms with Crippen LogP contribution in [0.5, 0.6) is 5.88 Å². The molecule has 0 saturated heterocycles. The van der Waals surface area contributed by atoms with E-state index in [2.05, 4.69) is 9.72 Å². The maximum absolute atomic E-state index is 12.4. The molecule has 82 valence electrons. The lowest BCUT2D eigenvalue weighted by Gasteiger charge is -2.07. The highest BCUT2D eigenvalue weighted by Gasteiger charge is 2.25. The van der Waals surface area contributed by atoms with E-state index >= 15 is 0 Å². The van der Waals surface area contributed by atoms with E-state index in [1.54, 1.807) is 0 Å². The van der Waals surface area contributed by atoms with E-state index in [4.69, 9.17) is 0 Å². The van der Waals surface area contributed by atoms with Crippen molar-refractivity contribution in [1.82, 2.24) is 4.98 Å². The molecule has 1 aromatic heterocycles. The smallest absolute Gasteiger partial charge is 0.334 e. The fraction of sp³-hybridized carbons (Fsp3) is 0.375. The zero-order valence-corrected chi connectivity index (χ0v) is 8.03. The van der Waals surface area contributed by atoms with Gasteiger partial charge in [0.05, 0.1) is 12.0 Å². The van der Waals surface area contributed by atoms with Crippen molar-refractivity contribution in [3.8, 4) is 5.88 Å². The Morgan fingerprint density at radius 2 is 2.20 bits per heavy atom. The number of hydrogen-bond acceptors (Lipinski definition) is 4. The molecule has 0 aliphatic rings. The highest BCUT2D eigenvalue weighted by Crippen LogP contribution is 2.34. The molecule has 7 heteroatoms. The Morgan fingerprint density at radius 1 is 1.60 bits per heavy atom. The average Bonchev–Trinajstić information content (AvgIpc) is 2.15. The van der Waals surface area contributed by atoms with Gasteiger partial charge >= 0.3 is 5.69 Å². The fourth-order valence-electron chi connectivity index (χ4n) is 1.17. The van der Waals surface area contributed by atoms with Crippen LogP contribution in [0.25, 0.3) is 0 Å². The second kappa shape index (κ2) is 4.16. The number of methoxy groups -OCH3 is 1. The molecule has 1 heterocycles. The number of aromatic nitrogens is 1. The summed E-state index contributed by atoms with van der Waals surface area (Å²) < 4.78 is 29.4. The van der Waals surface area contributed by atoms with Gasteiger partial charge in [-0.2, -0.15) is 0 Å². The molecule has 0 N–H and O–H groups in total. The van der Waals surface area contributed by atoms with Crippen LogP contribution in [0.2, 0.25) is 0 Å². The van der Waals surface area contributed by atoms with Crippen LogP contribution in [0.1, 0.15) is 17.6 Å². The minimum atomic E-state index is -2.79. The zero-order valence-electron chi connectivity index (χ0n) is 8.03. The van der Waals surface area contributed by atoms with Crippen molar-refractivity contribution < 1.29 is 18.4 Å². The maximum atomic E-state index is 12.4. The van der Waals surface area contributed by atoms with Crippen LogP contribution in [0.15, 0.2) is 6.20 Å². The first-order valence-electron chi connectivity index (χ1n) is 3.95. The van der Waals surface area contributed by atoms with Crippen LogP contribution in [-0.4, -0.2) is 17.0 Å². The minimum Gasteiger partial charge on any atom is -0.476 e. The molecule has 0 aromatic carbocycles. The number of alkyl halides is 2. The van der Waals surface area contributed by atoms with Crippen molar-refractivity contribution in [2.75, 3.05) is 7.11 Å². The average molecular weight is 218 g/mol. The van der Waals surface area contributed by atoms with Gasteiger partial charge in [-0.1, -0.05) is 0 Å². The molecule has 1 aromatic rings. The summed E-state index contributed by atoms with van der Waals surface area (Å²) in [5.41, 5.74) is -1.10. The van der Waals surface area contributed by atoms with Crippen LogP contribution in [0.3, 0.4) is 0 Å². The van der Waals surface area contributed by atoms with Gasteiger partial charge in [-0.3, -0.25) is 10.1 Å². The molecule has 0 amide bonds. The van der Waals surface area contributed by atoms with Gasteiger partial charge < -0.3 is 4.74 Å². The Kier molecular flexibility index (Phi) is 3.13. The molecule has 0 aliphatic carbocycles. The van der Waals surface area contributed by atoms with Crippen molar-refractivity contribution in [3.05, 3.63) is 27.4 Å². The summed E-state index contributed by atoms with van der Waals surface area (Å²) in [6.45, 7) is 1.24. The van der Waals surface area contributed by atoms with Crippen molar-refractivity contribution in [3.63, 3.8) is 0 Å². The lowest BCUT2D eigenvalue weighted by molar-refractivity contribution is -0.386. The first-order chi connectivity index (χ1) is 6.99. The molecule has 0 saturated carbocycles. The summed E-state index contributed by atoms with van der Waals surface area (Å²) >= 11 is 0. The molecule has 0 aliphatic heterocycles. The van der Waals surface area contributed by atoms with Crippen LogP contribution >= 0.6 is 0 Å². The number of hydrogen-bond donors (Lipinski definition) is 0. The molecular weight excluding hydrogens is 210 g/mol. The van der Waals surface area contributed by atoms with E-state index in [0.717, 1.165) is 6.20 Å². The van der Waals surface area contributed by atoms with Crippen LogP contribution < -0.4 is 4.74 Å². The van der Waals surface area contributed by atoms with Gasteiger partial charge in [0.15, 0.2) is 0 Å². The summed E-state index contributed by atoms with van der Waals surface area (Å²) in [5.74, 6) is -0.262. The molecular formula is C8H8F2N2O3. The second-order valence-corrected chi connectivity index (χ2v) is 2.75. The van der Waals surface area contributed by atoms with Gasteiger partial charge in [0.1, 0.15) is 0 Å². The summed E-state index contributed by atoms with van der Waals surface area (Å²) in [4.78, 5) is 13.3. The zero-order chi connectivity index (χ0) is 11.6. The third-order valence-corrected chi connectivity index (χ3v) is 1.92. The standard InChI is InChI=1S/C8H8F2N2O3/c1-4-5(7(9)10)3-11-8(15-2)6(4)12(13)14/h3,7H,1-2H3. The minimum absolute atomic E-state index is 0.123. The third kappa shape index (κ3) is 2.00. The molecule has 0 spiro atoms. The highest BCUT2D eigenvalue weighted by molar-refractivity contribution is 5.51. The van der Waals surface area contributed by atoms with Crippen molar-refractivity contribution in [1.29, 1.82) is 0 Å². The Balaban J connectivity index is 3.42. The van der Waals surface area contributed by atoms with Crippen molar-refractivity contribution >= 4 is 5.69 Å². The number of nitro groups is 1. The molecule has 0 fully saturated rings. The van der Waals surface area contributed by atoms with Gasteiger partial charge in [0, 0.05) is 17.3 Å². The van der Waals surface area contributed by atoms with Crippen LogP contribution in [0.4, 0.5) is 14.5 Å². The van der Waals surface area contributed by atoms with E-state index in [0.29, 0.717) is 0 Å².